The van der Waals surface area contributed by atoms with Crippen molar-refractivity contribution in [1.29, 1.82) is 0 Å². The summed E-state index contributed by atoms with van der Waals surface area (Å²) in [6, 6.07) is 4.39. The highest BCUT2D eigenvalue weighted by Crippen LogP contribution is 2.27. The quantitative estimate of drug-likeness (QED) is 0.748. The van der Waals surface area contributed by atoms with Gasteiger partial charge < -0.3 is 10.7 Å². The molecule has 0 fully saturated rings. The molecule has 0 radical (unpaired) electrons. The highest BCUT2D eigenvalue weighted by atomic mass is 14.7. The van der Waals surface area contributed by atoms with Gasteiger partial charge in [0.2, 0.25) is 0 Å². The first-order valence-corrected chi connectivity index (χ1v) is 5.51. The molecule has 0 aliphatic rings. The first-order valence-electron chi connectivity index (χ1n) is 5.51. The summed E-state index contributed by atoms with van der Waals surface area (Å²) in [6.45, 7) is 7.46. The number of quaternary nitrogens is 1. The Morgan fingerprint density at radius 1 is 1.13 bits per heavy atom. The Kier molecular flexibility index (Phi) is 2.53. The van der Waals surface area contributed by atoms with Gasteiger partial charge in [0.05, 0.1) is 6.54 Å². The number of hydrogen-bond donors (Lipinski definition) is 2. The molecule has 0 saturated heterocycles. The van der Waals surface area contributed by atoms with Crippen molar-refractivity contribution in [3.05, 3.63) is 34.5 Å². The van der Waals surface area contributed by atoms with Gasteiger partial charge in [-0.15, -0.1) is 0 Å². The molecule has 2 nitrogen and oxygen atoms in total. The third kappa shape index (κ3) is 1.55. The fraction of sp³-hybridized carbons (Fsp3) is 0.385. The third-order valence-corrected chi connectivity index (χ3v) is 3.12. The van der Waals surface area contributed by atoms with Gasteiger partial charge >= 0.3 is 0 Å². The minimum absolute atomic E-state index is 0.959. The van der Waals surface area contributed by atoms with Crippen molar-refractivity contribution in [3.8, 4) is 0 Å². The number of fused-ring (bicyclic) bond motifs is 1. The summed E-state index contributed by atoms with van der Waals surface area (Å²) in [6.07, 6.45) is 1.07. The zero-order chi connectivity index (χ0) is 11.0. The lowest BCUT2D eigenvalue weighted by molar-refractivity contribution is -0.366. The molecule has 0 unspecified atom stereocenters. The molecular formula is C13H19N2+. The SMILES string of the molecule is Cc1[nH]c2c(C)ccc(C)c2c1CC[NH3+]. The maximum Gasteiger partial charge on any atom is 0.0781 e. The van der Waals surface area contributed by atoms with E-state index in [1.807, 2.05) is 0 Å². The minimum atomic E-state index is 0.959. The Labute approximate surface area is 90.5 Å². The van der Waals surface area contributed by atoms with Crippen molar-refractivity contribution < 1.29 is 5.73 Å². The first-order chi connectivity index (χ1) is 7.15. The predicted octanol–water partition coefficient (Wildman–Crippen LogP) is 1.88. The predicted molar refractivity (Wildman–Crippen MR) is 64.0 cm³/mol. The summed E-state index contributed by atoms with van der Waals surface area (Å²) in [7, 11) is 0. The first kappa shape index (κ1) is 10.2. The van der Waals surface area contributed by atoms with Gasteiger partial charge in [0, 0.05) is 23.0 Å². The molecular weight excluding hydrogens is 184 g/mol. The molecule has 0 bridgehead atoms. The number of H-pyrrole nitrogens is 1. The highest BCUT2D eigenvalue weighted by Gasteiger charge is 2.11. The fourth-order valence-corrected chi connectivity index (χ4v) is 2.30. The number of hydrogen-bond acceptors (Lipinski definition) is 0. The second-order valence-electron chi connectivity index (χ2n) is 4.28. The van der Waals surface area contributed by atoms with Gasteiger partial charge in [-0.05, 0) is 37.5 Å². The monoisotopic (exact) mass is 203 g/mol. The molecule has 80 valence electrons. The number of aromatic amines is 1. The van der Waals surface area contributed by atoms with Crippen LogP contribution in [0.1, 0.15) is 22.4 Å². The van der Waals surface area contributed by atoms with Gasteiger partial charge in [0.1, 0.15) is 0 Å². The van der Waals surface area contributed by atoms with Crippen LogP contribution < -0.4 is 5.73 Å². The molecule has 0 amide bonds. The molecule has 15 heavy (non-hydrogen) atoms. The van der Waals surface area contributed by atoms with Gasteiger partial charge in [0.15, 0.2) is 0 Å². The lowest BCUT2D eigenvalue weighted by Gasteiger charge is -2.02. The molecule has 1 heterocycles. The highest BCUT2D eigenvalue weighted by molar-refractivity contribution is 5.90. The van der Waals surface area contributed by atoms with Crippen LogP contribution in [-0.4, -0.2) is 11.5 Å². The van der Waals surface area contributed by atoms with Crippen LogP contribution in [0.2, 0.25) is 0 Å². The number of aromatic nitrogens is 1. The van der Waals surface area contributed by atoms with Gasteiger partial charge in [0.25, 0.3) is 0 Å². The van der Waals surface area contributed by atoms with Crippen molar-refractivity contribution >= 4 is 10.9 Å². The molecule has 0 aliphatic carbocycles. The molecule has 0 atom stereocenters. The summed E-state index contributed by atoms with van der Waals surface area (Å²) < 4.78 is 0. The van der Waals surface area contributed by atoms with Crippen molar-refractivity contribution in [1.82, 2.24) is 4.98 Å². The Morgan fingerprint density at radius 3 is 2.47 bits per heavy atom. The van der Waals surface area contributed by atoms with Crippen LogP contribution in [0.15, 0.2) is 12.1 Å². The Bertz CT molecular complexity index is 495. The zero-order valence-electron chi connectivity index (χ0n) is 9.78. The molecule has 1 aromatic carbocycles. The molecule has 2 aromatic rings. The second-order valence-corrected chi connectivity index (χ2v) is 4.28. The average molecular weight is 203 g/mol. The van der Waals surface area contributed by atoms with Crippen molar-refractivity contribution in [2.45, 2.75) is 27.2 Å². The Morgan fingerprint density at radius 2 is 1.80 bits per heavy atom. The van der Waals surface area contributed by atoms with Crippen LogP contribution in [0.25, 0.3) is 10.9 Å². The van der Waals surface area contributed by atoms with E-state index in [1.54, 1.807) is 0 Å². The van der Waals surface area contributed by atoms with E-state index in [4.69, 9.17) is 0 Å². The summed E-state index contributed by atoms with van der Waals surface area (Å²) in [5.74, 6) is 0. The lowest BCUT2D eigenvalue weighted by Crippen LogP contribution is -2.51. The Balaban J connectivity index is 2.79. The van der Waals surface area contributed by atoms with Gasteiger partial charge in [-0.2, -0.15) is 0 Å². The van der Waals surface area contributed by atoms with E-state index >= 15 is 0 Å². The van der Waals surface area contributed by atoms with Crippen molar-refractivity contribution in [3.63, 3.8) is 0 Å². The van der Waals surface area contributed by atoms with Gasteiger partial charge in [-0.1, -0.05) is 12.1 Å². The standard InChI is InChI=1S/C13H18N2/c1-8-4-5-9(2)13-12(8)11(6-7-14)10(3)15-13/h4-5,15H,6-7,14H2,1-3H3/p+1. The summed E-state index contributed by atoms with van der Waals surface area (Å²) in [5.41, 5.74) is 10.7. The average Bonchev–Trinajstić information content (AvgIpc) is 2.53. The normalized spacial score (nSPS) is 11.2. The molecule has 2 heteroatoms. The van der Waals surface area contributed by atoms with E-state index < -0.39 is 0 Å². The number of nitrogens with one attached hydrogen (secondary N) is 1. The summed E-state index contributed by atoms with van der Waals surface area (Å²) in [4.78, 5) is 3.49. The maximum absolute atomic E-state index is 3.95. The molecule has 0 saturated carbocycles. The van der Waals surface area contributed by atoms with Crippen LogP contribution >= 0.6 is 0 Å². The van der Waals surface area contributed by atoms with E-state index in [1.165, 1.54) is 33.3 Å². The van der Waals surface area contributed by atoms with Crippen molar-refractivity contribution in [2.75, 3.05) is 6.54 Å². The molecule has 0 spiro atoms. The van der Waals surface area contributed by atoms with Gasteiger partial charge in [-0.25, -0.2) is 0 Å². The third-order valence-electron chi connectivity index (χ3n) is 3.12. The van der Waals surface area contributed by atoms with Crippen LogP contribution in [0, 0.1) is 20.8 Å². The van der Waals surface area contributed by atoms with Crippen LogP contribution in [0.5, 0.6) is 0 Å². The summed E-state index contributed by atoms with van der Waals surface area (Å²) in [5, 5.41) is 1.41. The van der Waals surface area contributed by atoms with Crippen LogP contribution in [0.4, 0.5) is 0 Å². The van der Waals surface area contributed by atoms with E-state index in [0.717, 1.165) is 13.0 Å². The molecule has 4 N–H and O–H groups in total. The Hall–Kier alpha value is -1.28. The smallest absolute Gasteiger partial charge is 0.0781 e. The second kappa shape index (κ2) is 3.70. The van der Waals surface area contributed by atoms with E-state index in [9.17, 15) is 0 Å². The van der Waals surface area contributed by atoms with E-state index in [-0.39, 0.29) is 0 Å². The van der Waals surface area contributed by atoms with Crippen LogP contribution in [-0.2, 0) is 6.42 Å². The maximum atomic E-state index is 3.95. The fourth-order valence-electron chi connectivity index (χ4n) is 2.30. The topological polar surface area (TPSA) is 43.4 Å². The minimum Gasteiger partial charge on any atom is -0.358 e. The number of rotatable bonds is 2. The van der Waals surface area contributed by atoms with Gasteiger partial charge in [-0.3, -0.25) is 0 Å². The summed E-state index contributed by atoms with van der Waals surface area (Å²) >= 11 is 0. The number of aryl methyl sites for hydroxylation is 3. The van der Waals surface area contributed by atoms with E-state index in [0.29, 0.717) is 0 Å². The van der Waals surface area contributed by atoms with E-state index in [2.05, 4.69) is 43.6 Å². The largest absolute Gasteiger partial charge is 0.358 e. The lowest BCUT2D eigenvalue weighted by atomic mass is 10.0. The van der Waals surface area contributed by atoms with Crippen molar-refractivity contribution in [2.24, 2.45) is 0 Å². The molecule has 0 aliphatic heterocycles. The zero-order valence-corrected chi connectivity index (χ0v) is 9.78. The number of benzene rings is 1. The molecule has 2 rings (SSSR count). The molecule has 1 aromatic heterocycles. The van der Waals surface area contributed by atoms with Crippen LogP contribution in [0.3, 0.4) is 0 Å².